The predicted octanol–water partition coefficient (Wildman–Crippen LogP) is 1.99. The summed E-state index contributed by atoms with van der Waals surface area (Å²) in [4.78, 5) is 7.35. The van der Waals surface area contributed by atoms with Crippen molar-refractivity contribution >= 4 is 11.0 Å². The van der Waals surface area contributed by atoms with Crippen molar-refractivity contribution < 1.29 is 0 Å². The molecule has 1 aromatic heterocycles. The van der Waals surface area contributed by atoms with E-state index in [1.165, 1.54) is 18.4 Å². The van der Waals surface area contributed by atoms with Gasteiger partial charge in [-0.1, -0.05) is 6.07 Å². The van der Waals surface area contributed by atoms with Gasteiger partial charge in [-0.15, -0.1) is 0 Å². The highest BCUT2D eigenvalue weighted by atomic mass is 14.9. The first-order valence-corrected chi connectivity index (χ1v) is 5.10. The van der Waals surface area contributed by atoms with Gasteiger partial charge in [-0.3, -0.25) is 0 Å². The minimum absolute atomic E-state index is 0.544. The van der Waals surface area contributed by atoms with E-state index in [4.69, 9.17) is 0 Å². The maximum atomic E-state index is 4.21. The first-order valence-electron chi connectivity index (χ1n) is 5.10. The highest BCUT2D eigenvalue weighted by Crippen LogP contribution is 2.24. The van der Waals surface area contributed by atoms with Crippen LogP contribution in [-0.4, -0.2) is 16.5 Å². The topological polar surface area (TPSA) is 40.7 Å². The van der Waals surface area contributed by atoms with Crippen LogP contribution in [0.25, 0.3) is 11.0 Å². The number of aromatic nitrogens is 2. The quantitative estimate of drug-likeness (QED) is 0.716. The van der Waals surface area contributed by atoms with E-state index in [9.17, 15) is 0 Å². The van der Waals surface area contributed by atoms with Crippen LogP contribution in [0, 0.1) is 0 Å². The van der Waals surface area contributed by atoms with Gasteiger partial charge in [0.25, 0.3) is 0 Å². The number of imidazole rings is 1. The first kappa shape index (κ1) is 8.00. The van der Waals surface area contributed by atoms with E-state index in [0.29, 0.717) is 6.04 Å². The van der Waals surface area contributed by atoms with Crippen molar-refractivity contribution in [1.82, 2.24) is 15.3 Å². The molecule has 2 N–H and O–H groups in total. The van der Waals surface area contributed by atoms with E-state index >= 15 is 0 Å². The fraction of sp³-hybridized carbons (Fsp3) is 0.364. The molecule has 72 valence electrons. The van der Waals surface area contributed by atoms with Crippen molar-refractivity contribution in [3.63, 3.8) is 0 Å². The Morgan fingerprint density at radius 2 is 2.36 bits per heavy atom. The van der Waals surface area contributed by atoms with Gasteiger partial charge in [0.05, 0.1) is 17.4 Å². The van der Waals surface area contributed by atoms with Crippen LogP contribution < -0.4 is 5.32 Å². The minimum atomic E-state index is 0.544. The largest absolute Gasteiger partial charge is 0.345 e. The lowest BCUT2D eigenvalue weighted by Gasteiger charge is -2.09. The molecule has 3 rings (SSSR count). The summed E-state index contributed by atoms with van der Waals surface area (Å²) in [6, 6.07) is 7.00. The molecule has 0 amide bonds. The second kappa shape index (κ2) is 3.10. The average Bonchev–Trinajstić information content (AvgIpc) is 2.88. The number of aromatic amines is 1. The summed E-state index contributed by atoms with van der Waals surface area (Å²) >= 11 is 0. The van der Waals surface area contributed by atoms with Crippen LogP contribution in [-0.2, 0) is 0 Å². The van der Waals surface area contributed by atoms with Crippen LogP contribution >= 0.6 is 0 Å². The van der Waals surface area contributed by atoms with Gasteiger partial charge in [-0.05, 0) is 37.1 Å². The Labute approximate surface area is 82.5 Å². The number of rotatable bonds is 1. The van der Waals surface area contributed by atoms with Gasteiger partial charge in [0, 0.05) is 6.04 Å². The lowest BCUT2D eigenvalue weighted by atomic mass is 10.1. The van der Waals surface area contributed by atoms with Crippen LogP contribution in [0.2, 0.25) is 0 Å². The molecule has 2 heterocycles. The van der Waals surface area contributed by atoms with Crippen molar-refractivity contribution in [1.29, 1.82) is 0 Å². The Bertz CT molecular complexity index is 440. The average molecular weight is 187 g/mol. The SMILES string of the molecule is c1nc2ccc(C3CCCN3)cc2[nH]1. The molecule has 1 aromatic carbocycles. The Morgan fingerprint density at radius 1 is 1.36 bits per heavy atom. The second-order valence-electron chi connectivity index (χ2n) is 3.83. The molecule has 3 nitrogen and oxygen atoms in total. The zero-order valence-corrected chi connectivity index (χ0v) is 7.96. The van der Waals surface area contributed by atoms with Crippen LogP contribution in [0.3, 0.4) is 0 Å². The molecule has 1 aliphatic heterocycles. The van der Waals surface area contributed by atoms with Crippen molar-refractivity contribution in [3.05, 3.63) is 30.1 Å². The van der Waals surface area contributed by atoms with Crippen LogP contribution in [0.1, 0.15) is 24.4 Å². The molecule has 0 radical (unpaired) electrons. The number of hydrogen-bond donors (Lipinski definition) is 2. The van der Waals surface area contributed by atoms with Crippen molar-refractivity contribution in [2.45, 2.75) is 18.9 Å². The Morgan fingerprint density at radius 3 is 3.21 bits per heavy atom. The minimum Gasteiger partial charge on any atom is -0.345 e. The van der Waals surface area contributed by atoms with Crippen molar-refractivity contribution in [3.8, 4) is 0 Å². The summed E-state index contributed by atoms with van der Waals surface area (Å²) in [6.07, 6.45) is 4.28. The molecule has 0 bridgehead atoms. The highest BCUT2D eigenvalue weighted by Gasteiger charge is 2.16. The number of nitrogens with one attached hydrogen (secondary N) is 2. The number of fused-ring (bicyclic) bond motifs is 1. The monoisotopic (exact) mass is 187 g/mol. The molecule has 1 atom stereocenters. The standard InChI is InChI=1S/C11H13N3/c1-2-9(12-5-1)8-3-4-10-11(6-8)14-7-13-10/h3-4,6-7,9,12H,1-2,5H2,(H,13,14). The molecule has 1 fully saturated rings. The van der Waals surface area contributed by atoms with Gasteiger partial charge in [0.2, 0.25) is 0 Å². The summed E-state index contributed by atoms with van der Waals surface area (Å²) in [6.45, 7) is 1.14. The molecular weight excluding hydrogens is 174 g/mol. The van der Waals surface area contributed by atoms with E-state index < -0.39 is 0 Å². The zero-order valence-electron chi connectivity index (χ0n) is 7.96. The number of hydrogen-bond acceptors (Lipinski definition) is 2. The molecular formula is C11H13N3. The Balaban J connectivity index is 2.04. The maximum Gasteiger partial charge on any atom is 0.0931 e. The van der Waals surface area contributed by atoms with Crippen molar-refractivity contribution in [2.75, 3.05) is 6.54 Å². The normalized spacial score (nSPS) is 21.9. The Hall–Kier alpha value is -1.35. The van der Waals surface area contributed by atoms with E-state index in [1.807, 2.05) is 0 Å². The summed E-state index contributed by atoms with van der Waals surface area (Å²) in [5.41, 5.74) is 3.56. The fourth-order valence-electron chi connectivity index (χ4n) is 2.14. The third kappa shape index (κ3) is 1.21. The van der Waals surface area contributed by atoms with Gasteiger partial charge in [0.1, 0.15) is 0 Å². The number of nitrogens with zero attached hydrogens (tertiary/aromatic N) is 1. The number of H-pyrrole nitrogens is 1. The third-order valence-electron chi connectivity index (χ3n) is 2.91. The lowest BCUT2D eigenvalue weighted by molar-refractivity contribution is 0.648. The van der Waals surface area contributed by atoms with Gasteiger partial charge < -0.3 is 10.3 Å². The van der Waals surface area contributed by atoms with Crippen LogP contribution in [0.5, 0.6) is 0 Å². The summed E-state index contributed by atoms with van der Waals surface area (Å²) in [5.74, 6) is 0. The van der Waals surface area contributed by atoms with E-state index in [2.05, 4.69) is 33.5 Å². The highest BCUT2D eigenvalue weighted by molar-refractivity contribution is 5.75. The van der Waals surface area contributed by atoms with E-state index in [1.54, 1.807) is 6.33 Å². The zero-order chi connectivity index (χ0) is 9.38. The summed E-state index contributed by atoms with van der Waals surface area (Å²) in [5, 5.41) is 3.50. The van der Waals surface area contributed by atoms with Gasteiger partial charge in [-0.2, -0.15) is 0 Å². The van der Waals surface area contributed by atoms with Crippen LogP contribution in [0.15, 0.2) is 24.5 Å². The maximum absolute atomic E-state index is 4.21. The fourth-order valence-corrected chi connectivity index (χ4v) is 2.14. The molecule has 1 saturated heterocycles. The summed E-state index contributed by atoms with van der Waals surface area (Å²) in [7, 11) is 0. The number of benzene rings is 1. The molecule has 2 aromatic rings. The first-order chi connectivity index (χ1) is 6.93. The molecule has 0 saturated carbocycles. The van der Waals surface area contributed by atoms with Crippen LogP contribution in [0.4, 0.5) is 0 Å². The molecule has 14 heavy (non-hydrogen) atoms. The lowest BCUT2D eigenvalue weighted by Crippen LogP contribution is -2.12. The molecule has 3 heteroatoms. The smallest absolute Gasteiger partial charge is 0.0931 e. The van der Waals surface area contributed by atoms with E-state index in [0.717, 1.165) is 17.6 Å². The van der Waals surface area contributed by atoms with Gasteiger partial charge in [0.15, 0.2) is 0 Å². The second-order valence-corrected chi connectivity index (χ2v) is 3.83. The Kier molecular flexibility index (Phi) is 1.77. The molecule has 0 aliphatic carbocycles. The molecule has 1 unspecified atom stereocenters. The van der Waals surface area contributed by atoms with Gasteiger partial charge in [-0.25, -0.2) is 4.98 Å². The van der Waals surface area contributed by atoms with E-state index in [-0.39, 0.29) is 0 Å². The molecule has 1 aliphatic rings. The summed E-state index contributed by atoms with van der Waals surface area (Å²) < 4.78 is 0. The van der Waals surface area contributed by atoms with Crippen molar-refractivity contribution in [2.24, 2.45) is 0 Å². The predicted molar refractivity (Wildman–Crippen MR) is 56.1 cm³/mol. The molecule has 0 spiro atoms. The van der Waals surface area contributed by atoms with Gasteiger partial charge >= 0.3 is 0 Å². The third-order valence-corrected chi connectivity index (χ3v) is 2.91.